The molecule has 3 N–H and O–H groups in total. The van der Waals surface area contributed by atoms with Gasteiger partial charge in [-0.15, -0.1) is 0 Å². The average Bonchev–Trinajstić information content (AvgIpc) is 2.28. The van der Waals surface area contributed by atoms with Crippen molar-refractivity contribution in [3.8, 4) is 0 Å². The molecule has 0 heterocycles. The van der Waals surface area contributed by atoms with Crippen LogP contribution in [0.4, 0.5) is 4.79 Å². The fourth-order valence-corrected chi connectivity index (χ4v) is 0.961. The molecular formula is C10H21N3O3. The van der Waals surface area contributed by atoms with Crippen molar-refractivity contribution in [2.24, 2.45) is 0 Å². The Hall–Kier alpha value is -1.14. The molecule has 0 aliphatic rings. The first kappa shape index (κ1) is 14.9. The Balaban J connectivity index is 3.59. The standard InChI is InChI=1S/C10H21N3O3/c1-4-5-12-6-7-16-8(2)9(14)13-10(15)11-3/h8,12H,4-7H2,1-3H3,(H2,11,13,14,15). The zero-order valence-corrected chi connectivity index (χ0v) is 10.1. The summed E-state index contributed by atoms with van der Waals surface area (Å²) in [6.45, 7) is 5.77. The lowest BCUT2D eigenvalue weighted by atomic mass is 10.4. The maximum Gasteiger partial charge on any atom is 0.321 e. The minimum atomic E-state index is -0.624. The van der Waals surface area contributed by atoms with Gasteiger partial charge in [-0.25, -0.2) is 4.79 Å². The Labute approximate surface area is 96.1 Å². The summed E-state index contributed by atoms with van der Waals surface area (Å²) < 4.78 is 5.24. The molecule has 0 saturated heterocycles. The second-order valence-corrected chi connectivity index (χ2v) is 3.33. The quantitative estimate of drug-likeness (QED) is 0.532. The highest BCUT2D eigenvalue weighted by molar-refractivity contribution is 5.96. The first-order valence-corrected chi connectivity index (χ1v) is 5.46. The van der Waals surface area contributed by atoms with Gasteiger partial charge >= 0.3 is 6.03 Å². The third kappa shape index (κ3) is 7.19. The van der Waals surface area contributed by atoms with Crippen molar-refractivity contribution >= 4 is 11.9 Å². The number of imide groups is 1. The van der Waals surface area contributed by atoms with Crippen LogP contribution in [-0.2, 0) is 9.53 Å². The Morgan fingerprint density at radius 2 is 2.00 bits per heavy atom. The first-order chi connectivity index (χ1) is 7.61. The maximum absolute atomic E-state index is 11.3. The van der Waals surface area contributed by atoms with Crippen LogP contribution < -0.4 is 16.0 Å². The molecule has 0 fully saturated rings. The normalized spacial score (nSPS) is 11.9. The van der Waals surface area contributed by atoms with Gasteiger partial charge in [-0.1, -0.05) is 6.92 Å². The van der Waals surface area contributed by atoms with Crippen LogP contribution in [0.2, 0.25) is 0 Å². The van der Waals surface area contributed by atoms with Gasteiger partial charge in [0.1, 0.15) is 6.10 Å². The fraction of sp³-hybridized carbons (Fsp3) is 0.800. The van der Waals surface area contributed by atoms with Gasteiger partial charge in [0.2, 0.25) is 0 Å². The van der Waals surface area contributed by atoms with E-state index in [2.05, 4.69) is 22.9 Å². The van der Waals surface area contributed by atoms with Gasteiger partial charge in [0.15, 0.2) is 0 Å². The molecule has 0 aromatic heterocycles. The topological polar surface area (TPSA) is 79.5 Å². The van der Waals surface area contributed by atoms with Crippen LogP contribution in [0.1, 0.15) is 20.3 Å². The Morgan fingerprint density at radius 1 is 1.31 bits per heavy atom. The largest absolute Gasteiger partial charge is 0.367 e. The summed E-state index contributed by atoms with van der Waals surface area (Å²) in [6, 6.07) is -0.524. The van der Waals surface area contributed by atoms with Gasteiger partial charge in [-0.2, -0.15) is 0 Å². The number of nitrogens with one attached hydrogen (secondary N) is 3. The van der Waals surface area contributed by atoms with Crippen molar-refractivity contribution in [1.82, 2.24) is 16.0 Å². The molecule has 3 amide bonds. The lowest BCUT2D eigenvalue weighted by molar-refractivity contribution is -0.130. The van der Waals surface area contributed by atoms with Crippen LogP contribution in [-0.4, -0.2) is 44.8 Å². The smallest absolute Gasteiger partial charge is 0.321 e. The van der Waals surface area contributed by atoms with Gasteiger partial charge in [0, 0.05) is 13.6 Å². The van der Waals surface area contributed by atoms with Crippen molar-refractivity contribution in [1.29, 1.82) is 0 Å². The Morgan fingerprint density at radius 3 is 2.56 bits per heavy atom. The third-order valence-electron chi connectivity index (χ3n) is 1.91. The maximum atomic E-state index is 11.3. The lowest BCUT2D eigenvalue weighted by Crippen LogP contribution is -2.43. The first-order valence-electron chi connectivity index (χ1n) is 5.46. The van der Waals surface area contributed by atoms with Crippen LogP contribution in [0.3, 0.4) is 0 Å². The van der Waals surface area contributed by atoms with Crippen molar-refractivity contribution in [3.05, 3.63) is 0 Å². The van der Waals surface area contributed by atoms with E-state index in [-0.39, 0.29) is 0 Å². The summed E-state index contributed by atoms with van der Waals surface area (Å²) in [6.07, 6.45) is 0.438. The molecule has 94 valence electrons. The molecule has 0 rings (SSSR count). The highest BCUT2D eigenvalue weighted by Gasteiger charge is 2.14. The Bertz CT molecular complexity index is 221. The zero-order chi connectivity index (χ0) is 12.4. The highest BCUT2D eigenvalue weighted by Crippen LogP contribution is 1.89. The van der Waals surface area contributed by atoms with E-state index in [1.165, 1.54) is 7.05 Å². The van der Waals surface area contributed by atoms with Gasteiger partial charge < -0.3 is 15.4 Å². The summed E-state index contributed by atoms with van der Waals surface area (Å²) in [5, 5.41) is 7.59. The van der Waals surface area contributed by atoms with Gasteiger partial charge in [0.25, 0.3) is 5.91 Å². The van der Waals surface area contributed by atoms with Crippen LogP contribution >= 0.6 is 0 Å². The molecule has 1 unspecified atom stereocenters. The second kappa shape index (κ2) is 9.11. The average molecular weight is 231 g/mol. The molecule has 6 nitrogen and oxygen atoms in total. The van der Waals surface area contributed by atoms with Crippen LogP contribution in [0.5, 0.6) is 0 Å². The molecule has 0 bridgehead atoms. The van der Waals surface area contributed by atoms with E-state index in [1.807, 2.05) is 0 Å². The van der Waals surface area contributed by atoms with E-state index in [4.69, 9.17) is 4.74 Å². The van der Waals surface area contributed by atoms with Crippen molar-refractivity contribution in [3.63, 3.8) is 0 Å². The van der Waals surface area contributed by atoms with Crippen molar-refractivity contribution < 1.29 is 14.3 Å². The number of carbonyl (C=O) groups excluding carboxylic acids is 2. The molecule has 0 aliphatic heterocycles. The van der Waals surface area contributed by atoms with Crippen LogP contribution in [0.25, 0.3) is 0 Å². The number of amides is 3. The van der Waals surface area contributed by atoms with Gasteiger partial charge in [-0.3, -0.25) is 10.1 Å². The third-order valence-corrected chi connectivity index (χ3v) is 1.91. The van der Waals surface area contributed by atoms with E-state index in [9.17, 15) is 9.59 Å². The molecule has 0 spiro atoms. The number of rotatable bonds is 7. The molecule has 0 aromatic rings. The SMILES string of the molecule is CCCNCCOC(C)C(=O)NC(=O)NC. The van der Waals surface area contributed by atoms with E-state index in [0.29, 0.717) is 13.2 Å². The molecule has 1 atom stereocenters. The molecule has 0 aromatic carbocycles. The molecule has 16 heavy (non-hydrogen) atoms. The van der Waals surface area contributed by atoms with Crippen molar-refractivity contribution in [2.45, 2.75) is 26.4 Å². The summed E-state index contributed by atoms with van der Waals surface area (Å²) in [5.41, 5.74) is 0. The lowest BCUT2D eigenvalue weighted by Gasteiger charge is -2.12. The second-order valence-electron chi connectivity index (χ2n) is 3.33. The number of hydrogen-bond acceptors (Lipinski definition) is 4. The van der Waals surface area contributed by atoms with E-state index < -0.39 is 18.0 Å². The van der Waals surface area contributed by atoms with Crippen molar-refractivity contribution in [2.75, 3.05) is 26.7 Å². The number of ether oxygens (including phenoxy) is 1. The monoisotopic (exact) mass is 231 g/mol. The molecule has 0 saturated carbocycles. The van der Waals surface area contributed by atoms with E-state index >= 15 is 0 Å². The zero-order valence-electron chi connectivity index (χ0n) is 10.1. The molecular weight excluding hydrogens is 210 g/mol. The van der Waals surface area contributed by atoms with E-state index in [1.54, 1.807) is 6.92 Å². The molecule has 0 aliphatic carbocycles. The van der Waals surface area contributed by atoms with Crippen LogP contribution in [0.15, 0.2) is 0 Å². The highest BCUT2D eigenvalue weighted by atomic mass is 16.5. The minimum absolute atomic E-state index is 0.435. The molecule has 0 radical (unpaired) electrons. The summed E-state index contributed by atoms with van der Waals surface area (Å²) in [7, 11) is 1.45. The number of hydrogen-bond donors (Lipinski definition) is 3. The number of carbonyl (C=O) groups is 2. The predicted octanol–water partition coefficient (Wildman–Crippen LogP) is -0.153. The summed E-state index contributed by atoms with van der Waals surface area (Å²) in [4.78, 5) is 22.1. The minimum Gasteiger partial charge on any atom is -0.367 e. The summed E-state index contributed by atoms with van der Waals surface area (Å²) in [5.74, 6) is -0.435. The fourth-order valence-electron chi connectivity index (χ4n) is 0.961. The van der Waals surface area contributed by atoms with E-state index in [0.717, 1.165) is 13.0 Å². The number of urea groups is 1. The Kier molecular flexibility index (Phi) is 8.46. The summed E-state index contributed by atoms with van der Waals surface area (Å²) >= 11 is 0. The predicted molar refractivity (Wildman–Crippen MR) is 61.2 cm³/mol. The van der Waals surface area contributed by atoms with Crippen LogP contribution in [0, 0.1) is 0 Å². The van der Waals surface area contributed by atoms with Gasteiger partial charge in [0.05, 0.1) is 6.61 Å². The van der Waals surface area contributed by atoms with Gasteiger partial charge in [-0.05, 0) is 19.9 Å². The molecule has 6 heteroatoms.